The topological polar surface area (TPSA) is 132 Å². The molecule has 1 atom stereocenters. The maximum Gasteiger partial charge on any atom is 0.407 e. The smallest absolute Gasteiger partial charge is 0.407 e. The number of nitrogens with one attached hydrogen (secondary N) is 5. The Balaban J connectivity index is 3.06. The first kappa shape index (κ1) is 19.3. The van der Waals surface area contributed by atoms with Crippen molar-refractivity contribution in [3.05, 3.63) is 11.8 Å². The molecule has 11 heteroatoms. The number of amides is 4. The van der Waals surface area contributed by atoms with Crippen LogP contribution in [0.3, 0.4) is 0 Å². The normalized spacial score (nSPS) is 21.2. The highest BCUT2D eigenvalue weighted by atomic mass is 19.3. The van der Waals surface area contributed by atoms with Crippen LogP contribution in [0.4, 0.5) is 18.4 Å². The van der Waals surface area contributed by atoms with E-state index < -0.39 is 48.0 Å². The first-order valence-corrected chi connectivity index (χ1v) is 6.86. The van der Waals surface area contributed by atoms with E-state index in [1.165, 1.54) is 0 Å². The van der Waals surface area contributed by atoms with E-state index in [4.69, 9.17) is 10.1 Å². The molecule has 5 N–H and O–H groups in total. The number of hydrogen-bond donors (Lipinski definition) is 5. The van der Waals surface area contributed by atoms with Crippen molar-refractivity contribution in [1.82, 2.24) is 21.3 Å². The predicted molar refractivity (Wildman–Crippen MR) is 79.6 cm³/mol. The quantitative estimate of drug-likeness (QED) is 0.270. The molecule has 0 spiro atoms. The Morgan fingerprint density at radius 2 is 2.04 bits per heavy atom. The van der Waals surface area contributed by atoms with Gasteiger partial charge in [0, 0.05) is 6.21 Å². The van der Waals surface area contributed by atoms with Crippen LogP contribution in [0.2, 0.25) is 0 Å². The van der Waals surface area contributed by atoms with Crippen molar-refractivity contribution in [2.75, 3.05) is 6.54 Å². The van der Waals surface area contributed by atoms with Crippen LogP contribution in [-0.4, -0.2) is 48.5 Å². The molecule has 9 nitrogen and oxygen atoms in total. The molecule has 0 bridgehead atoms. The van der Waals surface area contributed by atoms with Gasteiger partial charge in [0.15, 0.2) is 5.54 Å². The first-order chi connectivity index (χ1) is 11.0. The minimum atomic E-state index is -3.06. The van der Waals surface area contributed by atoms with Gasteiger partial charge in [-0.2, -0.15) is 8.78 Å². The van der Waals surface area contributed by atoms with Gasteiger partial charge in [0.1, 0.15) is 5.60 Å². The second-order valence-corrected chi connectivity index (χ2v) is 5.86. The lowest BCUT2D eigenvalue weighted by molar-refractivity contribution is -0.122. The van der Waals surface area contributed by atoms with E-state index in [1.54, 1.807) is 26.1 Å². The number of urea groups is 1. The molecule has 0 aromatic carbocycles. The zero-order valence-corrected chi connectivity index (χ0v) is 13.3. The summed E-state index contributed by atoms with van der Waals surface area (Å²) in [7, 11) is 0. The monoisotopic (exact) mass is 347 g/mol. The Morgan fingerprint density at radius 3 is 2.46 bits per heavy atom. The highest BCUT2D eigenvalue weighted by molar-refractivity contribution is 6.09. The summed E-state index contributed by atoms with van der Waals surface area (Å²) in [6, 6.07) is -0.919. The van der Waals surface area contributed by atoms with Gasteiger partial charge in [-0.15, -0.1) is 0 Å². The average molecular weight is 347 g/mol. The third kappa shape index (κ3) is 4.89. The molecular weight excluding hydrogens is 328 g/mol. The second-order valence-electron chi connectivity index (χ2n) is 5.86. The molecule has 1 rings (SSSR count). The highest BCUT2D eigenvalue weighted by Crippen LogP contribution is 2.20. The SMILES string of the molecule is CC(C)(C)OC(=O)NCC1(/C(=C/C=N)NC(F)F)NC(=O)NC1=O. The summed E-state index contributed by atoms with van der Waals surface area (Å²) in [6.07, 6.45) is 0.647. The van der Waals surface area contributed by atoms with Crippen LogP contribution in [-0.2, 0) is 9.53 Å². The van der Waals surface area contributed by atoms with Gasteiger partial charge in [0.25, 0.3) is 5.91 Å². The van der Waals surface area contributed by atoms with Crippen LogP contribution in [0.25, 0.3) is 0 Å². The van der Waals surface area contributed by atoms with Crippen molar-refractivity contribution in [2.24, 2.45) is 0 Å². The molecule has 1 aliphatic heterocycles. The molecule has 0 saturated carbocycles. The molecule has 1 unspecified atom stereocenters. The molecule has 1 saturated heterocycles. The molecule has 4 amide bonds. The summed E-state index contributed by atoms with van der Waals surface area (Å²) in [4.78, 5) is 35.3. The van der Waals surface area contributed by atoms with Crippen LogP contribution in [0.1, 0.15) is 20.8 Å². The Kier molecular flexibility index (Phi) is 5.83. The van der Waals surface area contributed by atoms with E-state index in [-0.39, 0.29) is 0 Å². The summed E-state index contributed by atoms with van der Waals surface area (Å²) >= 11 is 0. The van der Waals surface area contributed by atoms with Gasteiger partial charge in [-0.05, 0) is 26.8 Å². The summed E-state index contributed by atoms with van der Waals surface area (Å²) < 4.78 is 30.4. The number of carbonyl (C=O) groups is 3. The van der Waals surface area contributed by atoms with E-state index in [0.29, 0.717) is 6.21 Å². The lowest BCUT2D eigenvalue weighted by Crippen LogP contribution is -2.60. The number of hydrogen-bond acceptors (Lipinski definition) is 6. The van der Waals surface area contributed by atoms with Crippen molar-refractivity contribution >= 4 is 24.2 Å². The molecular formula is C13H19F2N5O4. The minimum absolute atomic E-state index is 0.452. The van der Waals surface area contributed by atoms with Crippen LogP contribution in [0, 0.1) is 5.41 Å². The predicted octanol–water partition coefficient (Wildman–Crippen LogP) is 0.435. The largest absolute Gasteiger partial charge is 0.444 e. The van der Waals surface area contributed by atoms with Gasteiger partial charge >= 0.3 is 18.7 Å². The molecule has 0 aliphatic carbocycles. The Labute approximate surface area is 136 Å². The minimum Gasteiger partial charge on any atom is -0.444 e. The second kappa shape index (κ2) is 7.23. The molecule has 1 aliphatic rings. The van der Waals surface area contributed by atoms with Gasteiger partial charge in [-0.1, -0.05) is 0 Å². The highest BCUT2D eigenvalue weighted by Gasteiger charge is 2.50. The van der Waals surface area contributed by atoms with Gasteiger partial charge in [-0.3, -0.25) is 10.1 Å². The zero-order valence-electron chi connectivity index (χ0n) is 13.3. The van der Waals surface area contributed by atoms with Crippen LogP contribution < -0.4 is 21.3 Å². The van der Waals surface area contributed by atoms with Gasteiger partial charge < -0.3 is 26.1 Å². The van der Waals surface area contributed by atoms with Crippen LogP contribution in [0.15, 0.2) is 11.8 Å². The van der Waals surface area contributed by atoms with Crippen molar-refractivity contribution in [1.29, 1.82) is 5.41 Å². The Morgan fingerprint density at radius 1 is 1.42 bits per heavy atom. The van der Waals surface area contributed by atoms with Crippen molar-refractivity contribution in [3.8, 4) is 0 Å². The van der Waals surface area contributed by atoms with Crippen LogP contribution in [0.5, 0.6) is 0 Å². The lowest BCUT2D eigenvalue weighted by Gasteiger charge is -2.30. The molecule has 24 heavy (non-hydrogen) atoms. The fraction of sp³-hybridized carbons (Fsp3) is 0.538. The average Bonchev–Trinajstić information content (AvgIpc) is 2.69. The summed E-state index contributed by atoms with van der Waals surface area (Å²) in [5.41, 5.74) is -3.28. The molecule has 1 fully saturated rings. The van der Waals surface area contributed by atoms with Crippen LogP contribution >= 0.6 is 0 Å². The van der Waals surface area contributed by atoms with E-state index in [0.717, 1.165) is 6.08 Å². The molecule has 0 radical (unpaired) electrons. The van der Waals surface area contributed by atoms with Gasteiger partial charge in [-0.25, -0.2) is 9.59 Å². The summed E-state index contributed by atoms with van der Waals surface area (Å²) in [6.45, 7) is 1.24. The standard InChI is InChI=1S/C13H19F2N5O4/c1-12(2,3)24-11(23)17-6-13(8(21)19-10(22)20-13)7(4-5-16)18-9(14)15/h4-5,9,16,18H,6H2,1-3H3,(H,17,23)(H2,19,20,21,22)/b7-4-,16-5?. The first-order valence-electron chi connectivity index (χ1n) is 6.86. The maximum atomic E-state index is 12.7. The maximum absolute atomic E-state index is 12.7. The van der Waals surface area contributed by atoms with E-state index in [2.05, 4.69) is 10.6 Å². The van der Waals surface area contributed by atoms with Crippen molar-refractivity contribution < 1.29 is 27.9 Å². The molecule has 134 valence electrons. The van der Waals surface area contributed by atoms with E-state index in [1.807, 2.05) is 5.32 Å². The Bertz CT molecular complexity index is 573. The zero-order chi connectivity index (χ0) is 18.5. The number of carbonyl (C=O) groups excluding carboxylic acids is 3. The number of allylic oxidation sites excluding steroid dienone is 1. The number of alkyl carbamates (subject to hydrolysis) is 1. The fourth-order valence-corrected chi connectivity index (χ4v) is 1.93. The molecule has 1 heterocycles. The number of halogens is 2. The molecule has 0 aromatic rings. The van der Waals surface area contributed by atoms with Gasteiger partial charge in [0.05, 0.1) is 12.2 Å². The van der Waals surface area contributed by atoms with Crippen molar-refractivity contribution in [3.63, 3.8) is 0 Å². The van der Waals surface area contributed by atoms with E-state index >= 15 is 0 Å². The van der Waals surface area contributed by atoms with E-state index in [9.17, 15) is 23.2 Å². The lowest BCUT2D eigenvalue weighted by atomic mass is 9.94. The summed E-state index contributed by atoms with van der Waals surface area (Å²) in [5, 5.41) is 15.1. The van der Waals surface area contributed by atoms with Crippen molar-refractivity contribution in [2.45, 2.75) is 38.5 Å². The number of imide groups is 1. The third-order valence-corrected chi connectivity index (χ3v) is 2.81. The van der Waals surface area contributed by atoms with Gasteiger partial charge in [0.2, 0.25) is 0 Å². The number of ether oxygens (including phenoxy) is 1. The Hall–Kier alpha value is -2.72. The fourth-order valence-electron chi connectivity index (χ4n) is 1.93. The molecule has 0 aromatic heterocycles. The number of alkyl halides is 2. The third-order valence-electron chi connectivity index (χ3n) is 2.81. The summed E-state index contributed by atoms with van der Waals surface area (Å²) in [5.74, 6) is -0.954. The number of rotatable bonds is 6.